The van der Waals surface area contributed by atoms with E-state index in [-0.39, 0.29) is 23.8 Å². The molecule has 1 fully saturated rings. The number of rotatable bonds is 8. The van der Waals surface area contributed by atoms with Crippen LogP contribution < -0.4 is 16.0 Å². The average molecular weight is 539 g/mol. The lowest BCUT2D eigenvalue weighted by Crippen LogP contribution is -2.52. The molecule has 3 amide bonds. The molecule has 0 radical (unpaired) electrons. The fourth-order valence-electron chi connectivity index (χ4n) is 4.37. The number of benzene rings is 2. The number of anilines is 2. The van der Waals surface area contributed by atoms with E-state index in [0.717, 1.165) is 42.0 Å². The first-order chi connectivity index (χ1) is 17.6. The fourth-order valence-corrected chi connectivity index (χ4v) is 5.31. The highest BCUT2D eigenvalue weighted by molar-refractivity contribution is 7.18. The number of halogens is 1. The molecule has 9 heteroatoms. The van der Waals surface area contributed by atoms with Gasteiger partial charge in [0, 0.05) is 36.1 Å². The van der Waals surface area contributed by atoms with Crippen molar-refractivity contribution < 1.29 is 14.4 Å². The van der Waals surface area contributed by atoms with Crippen LogP contribution in [0.4, 0.5) is 11.4 Å². The maximum absolute atomic E-state index is 13.4. The van der Waals surface area contributed by atoms with Crippen LogP contribution in [0.2, 0.25) is 4.34 Å². The summed E-state index contributed by atoms with van der Waals surface area (Å²) >= 11 is 7.07. The minimum Gasteiger partial charge on any atom is -0.383 e. The number of nitrogens with one attached hydrogen (secondary N) is 3. The first-order valence-corrected chi connectivity index (χ1v) is 13.4. The van der Waals surface area contributed by atoms with Gasteiger partial charge in [-0.15, -0.1) is 11.3 Å². The largest absolute Gasteiger partial charge is 0.383 e. The average Bonchev–Trinajstić information content (AvgIpc) is 3.52. The van der Waals surface area contributed by atoms with Gasteiger partial charge in [-0.1, -0.05) is 29.8 Å². The molecule has 1 saturated heterocycles. The van der Waals surface area contributed by atoms with Gasteiger partial charge in [0.15, 0.2) is 0 Å². The second-order valence-corrected chi connectivity index (χ2v) is 11.4. The zero-order chi connectivity index (χ0) is 26.6. The fraction of sp³-hybridized carbons (Fsp3) is 0.321. The van der Waals surface area contributed by atoms with Gasteiger partial charge in [0.1, 0.15) is 5.54 Å². The smallest absolute Gasteiger partial charge is 0.262 e. The van der Waals surface area contributed by atoms with Crippen LogP contribution in [-0.4, -0.2) is 47.3 Å². The Bertz CT molecular complexity index is 1290. The number of nitrogens with zero attached hydrogens (tertiary/aromatic N) is 1. The van der Waals surface area contributed by atoms with Crippen molar-refractivity contribution in [2.45, 2.75) is 45.2 Å². The van der Waals surface area contributed by atoms with Crippen LogP contribution in [0.3, 0.4) is 0 Å². The summed E-state index contributed by atoms with van der Waals surface area (Å²) in [6.07, 6.45) is 1.93. The number of carbonyl (C=O) groups is 3. The molecular formula is C28H31ClN4O3S. The Balaban J connectivity index is 1.38. The maximum atomic E-state index is 13.4. The van der Waals surface area contributed by atoms with Crippen molar-refractivity contribution in [2.75, 3.05) is 23.7 Å². The normalized spacial score (nSPS) is 15.4. The van der Waals surface area contributed by atoms with Gasteiger partial charge < -0.3 is 20.9 Å². The standard InChI is InChI=1S/C28H31ClN4O3S/c1-18-16-20(31-27(36)28(2,3)32-25(34)23-13-14-24(29)37-23)11-12-22(18)26(35)33-15-7-10-21(33)17-30-19-8-5-4-6-9-19/h4-6,8-9,11-14,16,21,30H,7,10,15,17H2,1-3H3,(H,31,36)(H,32,34)/t21-/m1/s1. The molecule has 3 aromatic rings. The van der Waals surface area contributed by atoms with Crippen molar-refractivity contribution >= 4 is 52.0 Å². The van der Waals surface area contributed by atoms with Gasteiger partial charge in [0.2, 0.25) is 5.91 Å². The predicted octanol–water partition coefficient (Wildman–Crippen LogP) is 5.57. The minimum atomic E-state index is -1.16. The summed E-state index contributed by atoms with van der Waals surface area (Å²) < 4.78 is 0.505. The van der Waals surface area contributed by atoms with Gasteiger partial charge >= 0.3 is 0 Å². The van der Waals surface area contributed by atoms with E-state index in [4.69, 9.17) is 11.6 Å². The molecule has 7 nitrogen and oxygen atoms in total. The van der Waals surface area contributed by atoms with Crippen LogP contribution in [0.5, 0.6) is 0 Å². The first-order valence-electron chi connectivity index (χ1n) is 12.2. The highest BCUT2D eigenvalue weighted by Crippen LogP contribution is 2.25. The zero-order valence-corrected chi connectivity index (χ0v) is 22.7. The number of carbonyl (C=O) groups excluding carboxylic acids is 3. The van der Waals surface area contributed by atoms with E-state index in [1.807, 2.05) is 42.2 Å². The lowest BCUT2D eigenvalue weighted by molar-refractivity contribution is -0.120. The number of aryl methyl sites for hydroxylation is 1. The van der Waals surface area contributed by atoms with Crippen molar-refractivity contribution in [3.63, 3.8) is 0 Å². The van der Waals surface area contributed by atoms with Gasteiger partial charge in [-0.25, -0.2) is 0 Å². The molecule has 2 heterocycles. The SMILES string of the molecule is Cc1cc(NC(=O)C(C)(C)NC(=O)c2ccc(Cl)s2)ccc1C(=O)N1CCC[C@@H]1CNc1ccccc1. The molecule has 0 bridgehead atoms. The van der Waals surface area contributed by atoms with Gasteiger partial charge in [0.25, 0.3) is 11.8 Å². The summed E-state index contributed by atoms with van der Waals surface area (Å²) in [6, 6.07) is 18.6. The molecule has 0 saturated carbocycles. The van der Waals surface area contributed by atoms with E-state index in [1.54, 1.807) is 44.2 Å². The first kappa shape index (κ1) is 26.7. The molecule has 3 N–H and O–H groups in total. The highest BCUT2D eigenvalue weighted by atomic mass is 35.5. The van der Waals surface area contributed by atoms with Gasteiger partial charge in [-0.2, -0.15) is 0 Å². The van der Waals surface area contributed by atoms with Gasteiger partial charge in [-0.3, -0.25) is 14.4 Å². The highest BCUT2D eigenvalue weighted by Gasteiger charge is 2.32. The Morgan fingerprint density at radius 3 is 2.49 bits per heavy atom. The number of para-hydroxylation sites is 1. The summed E-state index contributed by atoms with van der Waals surface area (Å²) in [4.78, 5) is 41.2. The third kappa shape index (κ3) is 6.50. The topological polar surface area (TPSA) is 90.5 Å². The molecule has 1 aromatic heterocycles. The molecular weight excluding hydrogens is 508 g/mol. The number of thiophene rings is 1. The lowest BCUT2D eigenvalue weighted by atomic mass is 10.0. The number of hydrogen-bond acceptors (Lipinski definition) is 5. The maximum Gasteiger partial charge on any atom is 0.262 e. The summed E-state index contributed by atoms with van der Waals surface area (Å²) in [5, 5.41) is 9.04. The van der Waals surface area contributed by atoms with Crippen molar-refractivity contribution in [2.24, 2.45) is 0 Å². The Morgan fingerprint density at radius 2 is 1.81 bits per heavy atom. The molecule has 37 heavy (non-hydrogen) atoms. The lowest BCUT2D eigenvalue weighted by Gasteiger charge is -2.27. The predicted molar refractivity (Wildman–Crippen MR) is 150 cm³/mol. The van der Waals surface area contributed by atoms with E-state index >= 15 is 0 Å². The molecule has 1 atom stereocenters. The summed E-state index contributed by atoms with van der Waals surface area (Å²) in [7, 11) is 0. The van der Waals surface area contributed by atoms with Crippen molar-refractivity contribution in [1.82, 2.24) is 10.2 Å². The molecule has 194 valence electrons. The zero-order valence-electron chi connectivity index (χ0n) is 21.1. The van der Waals surface area contributed by atoms with E-state index in [9.17, 15) is 14.4 Å². The van der Waals surface area contributed by atoms with Crippen LogP contribution in [0.15, 0.2) is 60.7 Å². The molecule has 0 spiro atoms. The molecule has 1 aliphatic rings. The van der Waals surface area contributed by atoms with Crippen LogP contribution in [0, 0.1) is 6.92 Å². The monoisotopic (exact) mass is 538 g/mol. The van der Waals surface area contributed by atoms with E-state index in [1.165, 1.54) is 0 Å². The molecule has 1 aliphatic heterocycles. The molecule has 0 aliphatic carbocycles. The second kappa shape index (κ2) is 11.4. The van der Waals surface area contributed by atoms with E-state index in [0.29, 0.717) is 27.0 Å². The van der Waals surface area contributed by atoms with Crippen LogP contribution >= 0.6 is 22.9 Å². The van der Waals surface area contributed by atoms with E-state index < -0.39 is 5.54 Å². The number of amides is 3. The van der Waals surface area contributed by atoms with Crippen LogP contribution in [0.1, 0.15) is 52.3 Å². The molecule has 4 rings (SSSR count). The summed E-state index contributed by atoms with van der Waals surface area (Å²) in [5.41, 5.74) is 1.83. The Labute approximate surface area is 226 Å². The van der Waals surface area contributed by atoms with Crippen molar-refractivity contribution in [1.29, 1.82) is 0 Å². The van der Waals surface area contributed by atoms with Crippen molar-refractivity contribution in [3.8, 4) is 0 Å². The Hall–Kier alpha value is -3.36. The van der Waals surface area contributed by atoms with Crippen molar-refractivity contribution in [3.05, 3.63) is 81.0 Å². The van der Waals surface area contributed by atoms with Crippen LogP contribution in [-0.2, 0) is 4.79 Å². The Morgan fingerprint density at radius 1 is 1.05 bits per heavy atom. The van der Waals surface area contributed by atoms with E-state index in [2.05, 4.69) is 16.0 Å². The number of likely N-dealkylation sites (tertiary alicyclic amines) is 1. The third-order valence-corrected chi connectivity index (χ3v) is 7.69. The third-order valence-electron chi connectivity index (χ3n) is 6.46. The molecule has 0 unspecified atom stereocenters. The van der Waals surface area contributed by atoms with Gasteiger partial charge in [0.05, 0.1) is 9.21 Å². The molecule has 2 aromatic carbocycles. The quantitative estimate of drug-likeness (QED) is 0.349. The minimum absolute atomic E-state index is 0.00469. The number of hydrogen-bond donors (Lipinski definition) is 3. The summed E-state index contributed by atoms with van der Waals surface area (Å²) in [5.74, 6) is -0.736. The van der Waals surface area contributed by atoms with Gasteiger partial charge in [-0.05, 0) is 81.6 Å². The second-order valence-electron chi connectivity index (χ2n) is 9.71. The summed E-state index contributed by atoms with van der Waals surface area (Å²) in [6.45, 7) is 6.56. The van der Waals surface area contributed by atoms with Crippen LogP contribution in [0.25, 0.3) is 0 Å². The Kier molecular flexibility index (Phi) is 8.19.